The lowest BCUT2D eigenvalue weighted by atomic mass is 9.93. The van der Waals surface area contributed by atoms with Gasteiger partial charge in [0.25, 0.3) is 0 Å². The van der Waals surface area contributed by atoms with Gasteiger partial charge in [0.15, 0.2) is 0 Å². The Labute approximate surface area is 124 Å². The Bertz CT molecular complexity index is 736. The number of rotatable bonds is 4. The zero-order valence-electron chi connectivity index (χ0n) is 11.5. The molecule has 0 bridgehead atoms. The molecule has 0 aliphatic carbocycles. The zero-order valence-corrected chi connectivity index (χ0v) is 11.5. The Morgan fingerprint density at radius 3 is 3.14 bits per heavy atom. The Morgan fingerprint density at radius 2 is 2.50 bits per heavy atom. The van der Waals surface area contributed by atoms with Gasteiger partial charge in [0.2, 0.25) is 5.60 Å². The standard InChI is InChI=1S/C13H10FN5O3/c1-21-12(20)13(7-17-19-16)5-11(18-22-13)8-2-3-10(14)9(4-8)6-15/h2-4H,5,7H2,1H3. The highest BCUT2D eigenvalue weighted by molar-refractivity contribution is 6.05. The maximum atomic E-state index is 13.3. The summed E-state index contributed by atoms with van der Waals surface area (Å²) in [5.74, 6) is -1.39. The summed E-state index contributed by atoms with van der Waals surface area (Å²) in [5, 5.41) is 16.0. The third kappa shape index (κ3) is 2.68. The number of carbonyl (C=O) groups excluding carboxylic acids is 1. The average Bonchev–Trinajstić information content (AvgIpc) is 2.98. The van der Waals surface area contributed by atoms with E-state index < -0.39 is 17.4 Å². The van der Waals surface area contributed by atoms with Crippen LogP contribution in [0.4, 0.5) is 4.39 Å². The number of oxime groups is 1. The van der Waals surface area contributed by atoms with Crippen molar-refractivity contribution in [3.8, 4) is 6.07 Å². The van der Waals surface area contributed by atoms with Crippen LogP contribution in [0.1, 0.15) is 17.5 Å². The van der Waals surface area contributed by atoms with Crippen molar-refractivity contribution in [2.75, 3.05) is 13.7 Å². The predicted octanol–water partition coefficient (Wildman–Crippen LogP) is 2.04. The molecule has 0 fully saturated rings. The Kier molecular flexibility index (Phi) is 4.25. The Hall–Kier alpha value is -3.11. The number of esters is 1. The van der Waals surface area contributed by atoms with Gasteiger partial charge in [0.05, 0.1) is 24.9 Å². The summed E-state index contributed by atoms with van der Waals surface area (Å²) in [4.78, 5) is 19.6. The van der Waals surface area contributed by atoms with Gasteiger partial charge in [-0.25, -0.2) is 9.18 Å². The van der Waals surface area contributed by atoms with Gasteiger partial charge in [-0.1, -0.05) is 16.3 Å². The number of hydrogen-bond donors (Lipinski definition) is 0. The van der Waals surface area contributed by atoms with Crippen molar-refractivity contribution in [2.45, 2.75) is 12.0 Å². The molecule has 0 radical (unpaired) electrons. The average molecular weight is 303 g/mol. The van der Waals surface area contributed by atoms with Crippen molar-refractivity contribution < 1.29 is 18.8 Å². The fourth-order valence-corrected chi connectivity index (χ4v) is 2.01. The SMILES string of the molecule is COC(=O)C1(CN=[N+]=[N-])CC(c2ccc(F)c(C#N)c2)=NO1. The van der Waals surface area contributed by atoms with Crippen molar-refractivity contribution in [2.24, 2.45) is 10.3 Å². The van der Waals surface area contributed by atoms with Crippen molar-refractivity contribution in [1.82, 2.24) is 0 Å². The van der Waals surface area contributed by atoms with Gasteiger partial charge in [-0.2, -0.15) is 5.26 Å². The second-order valence-electron chi connectivity index (χ2n) is 4.49. The van der Waals surface area contributed by atoms with Crippen LogP contribution in [0.3, 0.4) is 0 Å². The van der Waals surface area contributed by atoms with Gasteiger partial charge in [-0.3, -0.25) is 0 Å². The molecule has 112 valence electrons. The van der Waals surface area contributed by atoms with E-state index in [-0.39, 0.29) is 18.5 Å². The molecule has 1 atom stereocenters. The number of carbonyl (C=O) groups is 1. The molecule has 0 aromatic heterocycles. The maximum Gasteiger partial charge on any atom is 0.353 e. The topological polar surface area (TPSA) is 120 Å². The smallest absolute Gasteiger partial charge is 0.353 e. The molecule has 0 N–H and O–H groups in total. The van der Waals surface area contributed by atoms with Crippen LogP contribution in [0.25, 0.3) is 10.4 Å². The predicted molar refractivity (Wildman–Crippen MR) is 72.1 cm³/mol. The fourth-order valence-electron chi connectivity index (χ4n) is 2.01. The van der Waals surface area contributed by atoms with Gasteiger partial charge in [0.1, 0.15) is 11.9 Å². The number of azide groups is 1. The number of halogens is 1. The minimum absolute atomic E-state index is 0.0187. The van der Waals surface area contributed by atoms with Crippen molar-refractivity contribution in [3.05, 3.63) is 45.6 Å². The van der Waals surface area contributed by atoms with Crippen molar-refractivity contribution in [3.63, 3.8) is 0 Å². The molecule has 1 heterocycles. The molecular formula is C13H10FN5O3. The summed E-state index contributed by atoms with van der Waals surface area (Å²) in [7, 11) is 1.17. The second kappa shape index (κ2) is 6.11. The minimum Gasteiger partial charge on any atom is -0.466 e. The van der Waals surface area contributed by atoms with Crippen LogP contribution in [0.2, 0.25) is 0 Å². The van der Waals surface area contributed by atoms with Gasteiger partial charge in [-0.05, 0) is 17.7 Å². The quantitative estimate of drug-likeness (QED) is 0.365. The molecule has 1 aromatic carbocycles. The third-order valence-corrected chi connectivity index (χ3v) is 3.15. The number of nitriles is 1. The minimum atomic E-state index is -1.54. The molecule has 2 rings (SSSR count). The van der Waals surface area contributed by atoms with Crippen LogP contribution < -0.4 is 0 Å². The molecule has 0 saturated carbocycles. The normalized spacial score (nSPS) is 19.4. The van der Waals surface area contributed by atoms with Crippen LogP contribution >= 0.6 is 0 Å². The van der Waals surface area contributed by atoms with Crippen LogP contribution in [-0.4, -0.2) is 30.9 Å². The lowest BCUT2D eigenvalue weighted by Crippen LogP contribution is -2.43. The first kappa shape index (κ1) is 15.3. The van der Waals surface area contributed by atoms with Gasteiger partial charge >= 0.3 is 5.97 Å². The van der Waals surface area contributed by atoms with E-state index in [0.717, 1.165) is 6.07 Å². The first-order chi connectivity index (χ1) is 10.6. The highest BCUT2D eigenvalue weighted by Crippen LogP contribution is 2.29. The summed E-state index contributed by atoms with van der Waals surface area (Å²) >= 11 is 0. The summed E-state index contributed by atoms with van der Waals surface area (Å²) in [6.45, 7) is -0.296. The summed E-state index contributed by atoms with van der Waals surface area (Å²) in [6.07, 6.45) is -0.0187. The van der Waals surface area contributed by atoms with E-state index in [2.05, 4.69) is 19.9 Å². The lowest BCUT2D eigenvalue weighted by Gasteiger charge is -2.20. The van der Waals surface area contributed by atoms with Crippen LogP contribution in [0.5, 0.6) is 0 Å². The molecule has 1 aromatic rings. The van der Waals surface area contributed by atoms with E-state index in [1.807, 2.05) is 0 Å². The third-order valence-electron chi connectivity index (χ3n) is 3.15. The molecule has 22 heavy (non-hydrogen) atoms. The first-order valence-electron chi connectivity index (χ1n) is 6.10. The molecule has 0 spiro atoms. The molecule has 8 nitrogen and oxygen atoms in total. The molecular weight excluding hydrogens is 293 g/mol. The van der Waals surface area contributed by atoms with Gasteiger partial charge in [0, 0.05) is 16.9 Å². The van der Waals surface area contributed by atoms with E-state index >= 15 is 0 Å². The van der Waals surface area contributed by atoms with E-state index in [4.69, 9.17) is 15.6 Å². The Morgan fingerprint density at radius 1 is 1.73 bits per heavy atom. The van der Waals surface area contributed by atoms with Gasteiger partial charge in [-0.15, -0.1) is 0 Å². The molecule has 0 saturated heterocycles. The van der Waals surface area contributed by atoms with E-state index in [0.29, 0.717) is 11.3 Å². The van der Waals surface area contributed by atoms with Crippen molar-refractivity contribution >= 4 is 11.7 Å². The molecule has 0 amide bonds. The monoisotopic (exact) mass is 303 g/mol. The van der Waals surface area contributed by atoms with E-state index in [1.165, 1.54) is 19.2 Å². The van der Waals surface area contributed by atoms with Crippen LogP contribution in [0.15, 0.2) is 28.5 Å². The number of hydrogen-bond acceptors (Lipinski definition) is 6. The zero-order chi connectivity index (χ0) is 16.2. The lowest BCUT2D eigenvalue weighted by molar-refractivity contribution is -0.165. The van der Waals surface area contributed by atoms with E-state index in [9.17, 15) is 9.18 Å². The first-order valence-corrected chi connectivity index (χ1v) is 6.10. The highest BCUT2D eigenvalue weighted by atomic mass is 19.1. The van der Waals surface area contributed by atoms with E-state index in [1.54, 1.807) is 6.07 Å². The van der Waals surface area contributed by atoms with Gasteiger partial charge < -0.3 is 9.57 Å². The fraction of sp³-hybridized carbons (Fsp3) is 0.308. The number of ether oxygens (including phenoxy) is 1. The molecule has 1 aliphatic rings. The van der Waals surface area contributed by atoms with Crippen LogP contribution in [0, 0.1) is 17.1 Å². The second-order valence-corrected chi connectivity index (χ2v) is 4.49. The maximum absolute atomic E-state index is 13.3. The number of benzene rings is 1. The number of methoxy groups -OCH3 is 1. The summed E-state index contributed by atoms with van der Waals surface area (Å²) in [6, 6.07) is 5.57. The molecule has 9 heteroatoms. The molecule has 1 unspecified atom stereocenters. The largest absolute Gasteiger partial charge is 0.466 e. The van der Waals surface area contributed by atoms with Crippen molar-refractivity contribution in [1.29, 1.82) is 5.26 Å². The summed E-state index contributed by atoms with van der Waals surface area (Å²) in [5.41, 5.74) is 7.48. The summed E-state index contributed by atoms with van der Waals surface area (Å²) < 4.78 is 18.0. The molecule has 1 aliphatic heterocycles. The van der Waals surface area contributed by atoms with Crippen LogP contribution in [-0.2, 0) is 14.4 Å². The highest BCUT2D eigenvalue weighted by Gasteiger charge is 2.47. The number of nitrogens with zero attached hydrogens (tertiary/aromatic N) is 5. The Balaban J connectivity index is 2.31.